The van der Waals surface area contributed by atoms with E-state index in [-0.39, 0.29) is 19.6 Å². The van der Waals surface area contributed by atoms with Crippen molar-refractivity contribution >= 4 is 35.4 Å². The van der Waals surface area contributed by atoms with Crippen molar-refractivity contribution in [3.63, 3.8) is 0 Å². The van der Waals surface area contributed by atoms with E-state index < -0.39 is 177 Å². The van der Waals surface area contributed by atoms with Crippen molar-refractivity contribution in [3.05, 3.63) is 104 Å². The average molecular weight is 942 g/mol. The average Bonchev–Trinajstić information content (AvgIpc) is 3.24. The van der Waals surface area contributed by atoms with Gasteiger partial charge in [0.1, 0.15) is 34.8 Å². The zero-order chi connectivity index (χ0) is 48.7. The molecule has 350 valence electrons. The van der Waals surface area contributed by atoms with Crippen LogP contribution in [-0.2, 0) is 14.4 Å². The van der Waals surface area contributed by atoms with Gasteiger partial charge < -0.3 is 31.9 Å². The standard InChI is InChI=1S/C36H30F15N7O6/c1-10(55-34(62)13-16(37)22(43)28(49)23(44)17(13)38)31(59)52-4-7-58(8-5-53-32(60)11(2)56-35(63)14-18(39)24(45)29(50)25(46)19(14)40)9-6-54-33(61)12(3)57-36(64)15-20(41)26(47)30(51)27(48)21(15)42/h10-12H,4-9H2,1-3H3,(H,52,59)(H,53,60)(H,54,61)(H,55,62)(H,56,63)(H,57,64)/t10-,11-,12-/m0/s1. The Morgan fingerprint density at radius 2 is 0.516 bits per heavy atom. The minimum Gasteiger partial charge on any atom is -0.353 e. The van der Waals surface area contributed by atoms with Crippen molar-refractivity contribution < 1.29 is 94.6 Å². The summed E-state index contributed by atoms with van der Waals surface area (Å²) in [4.78, 5) is 76.3. The molecule has 0 unspecified atom stereocenters. The molecule has 6 N–H and O–H groups in total. The third-order valence-corrected chi connectivity index (χ3v) is 8.72. The Kier molecular flexibility index (Phi) is 17.5. The lowest BCUT2D eigenvalue weighted by molar-refractivity contribution is -0.123. The molecule has 3 aromatic carbocycles. The molecule has 0 bridgehead atoms. The molecule has 6 amide bonds. The molecule has 64 heavy (non-hydrogen) atoms. The molecule has 3 atom stereocenters. The van der Waals surface area contributed by atoms with Gasteiger partial charge >= 0.3 is 0 Å². The highest BCUT2D eigenvalue weighted by molar-refractivity contribution is 5.99. The van der Waals surface area contributed by atoms with E-state index in [9.17, 15) is 94.6 Å². The summed E-state index contributed by atoms with van der Waals surface area (Å²) in [6, 6.07) is -5.09. The molecule has 3 aromatic rings. The van der Waals surface area contributed by atoms with Crippen molar-refractivity contribution in [1.29, 1.82) is 0 Å². The van der Waals surface area contributed by atoms with E-state index in [0.29, 0.717) is 0 Å². The van der Waals surface area contributed by atoms with Gasteiger partial charge in [0.25, 0.3) is 17.7 Å². The summed E-state index contributed by atoms with van der Waals surface area (Å²) >= 11 is 0. The normalized spacial score (nSPS) is 12.6. The topological polar surface area (TPSA) is 178 Å². The number of benzene rings is 3. The zero-order valence-electron chi connectivity index (χ0n) is 32.5. The van der Waals surface area contributed by atoms with E-state index in [1.807, 2.05) is 0 Å². The van der Waals surface area contributed by atoms with Crippen molar-refractivity contribution in [2.24, 2.45) is 0 Å². The Bertz CT molecular complexity index is 2030. The van der Waals surface area contributed by atoms with E-state index >= 15 is 0 Å². The number of hydrogen-bond donors (Lipinski definition) is 6. The quantitative estimate of drug-likeness (QED) is 0.0645. The first-order valence-electron chi connectivity index (χ1n) is 17.8. The van der Waals surface area contributed by atoms with Gasteiger partial charge in [-0.05, 0) is 20.8 Å². The molecule has 3 rings (SSSR count). The zero-order valence-corrected chi connectivity index (χ0v) is 32.5. The molecule has 13 nitrogen and oxygen atoms in total. The fraction of sp³-hybridized carbons (Fsp3) is 0.333. The summed E-state index contributed by atoms with van der Waals surface area (Å²) < 4.78 is 206. The second kappa shape index (κ2) is 21.7. The van der Waals surface area contributed by atoms with Crippen molar-refractivity contribution in [2.45, 2.75) is 38.9 Å². The maximum absolute atomic E-state index is 14.1. The molecule has 0 radical (unpaired) electrons. The first-order valence-corrected chi connectivity index (χ1v) is 17.8. The van der Waals surface area contributed by atoms with E-state index in [2.05, 4.69) is 16.0 Å². The molecule has 0 aliphatic carbocycles. The van der Waals surface area contributed by atoms with Gasteiger partial charge in [-0.2, -0.15) is 0 Å². The number of halogens is 15. The molecular formula is C36H30F15N7O6. The lowest BCUT2D eigenvalue weighted by Gasteiger charge is -2.24. The second-order valence-corrected chi connectivity index (χ2v) is 13.1. The minimum atomic E-state index is -2.56. The van der Waals surface area contributed by atoms with Crippen LogP contribution in [0.2, 0.25) is 0 Å². The Morgan fingerprint density at radius 1 is 0.344 bits per heavy atom. The summed E-state index contributed by atoms with van der Waals surface area (Å²) in [5, 5.41) is 11.9. The molecule has 0 saturated heterocycles. The first-order chi connectivity index (χ1) is 29.8. The molecule has 0 saturated carbocycles. The van der Waals surface area contributed by atoms with Crippen LogP contribution >= 0.6 is 0 Å². The summed E-state index contributed by atoms with van der Waals surface area (Å²) in [6.07, 6.45) is 0. The fourth-order valence-corrected chi connectivity index (χ4v) is 5.22. The predicted octanol–water partition coefficient (Wildman–Crippen LogP) is 3.18. The molecular weight excluding hydrogens is 911 g/mol. The van der Waals surface area contributed by atoms with Crippen LogP contribution in [0.5, 0.6) is 0 Å². The van der Waals surface area contributed by atoms with Crippen LogP contribution in [0.3, 0.4) is 0 Å². The predicted molar refractivity (Wildman–Crippen MR) is 185 cm³/mol. The van der Waals surface area contributed by atoms with E-state index in [1.165, 1.54) is 4.90 Å². The Morgan fingerprint density at radius 3 is 0.703 bits per heavy atom. The Labute approximate surface area is 349 Å². The number of carbonyl (C=O) groups excluding carboxylic acids is 6. The number of amides is 6. The summed E-state index contributed by atoms with van der Waals surface area (Å²) in [6.45, 7) is 0.794. The highest BCUT2D eigenvalue weighted by atomic mass is 19.2. The highest BCUT2D eigenvalue weighted by Crippen LogP contribution is 2.25. The number of nitrogens with one attached hydrogen (secondary N) is 6. The molecule has 28 heteroatoms. The van der Waals surface area contributed by atoms with Gasteiger partial charge in [-0.15, -0.1) is 0 Å². The van der Waals surface area contributed by atoms with Gasteiger partial charge in [0.2, 0.25) is 35.2 Å². The largest absolute Gasteiger partial charge is 0.353 e. The van der Waals surface area contributed by atoms with Crippen LogP contribution in [0.1, 0.15) is 51.8 Å². The Hall–Kier alpha value is -6.61. The number of rotatable bonds is 18. The summed E-state index contributed by atoms with van der Waals surface area (Å²) in [5.41, 5.74) is -5.70. The SMILES string of the molecule is C[C@H](NC(=O)c1c(F)c(F)c(F)c(F)c1F)C(=O)NCCN(CCNC(=O)[C@H](C)NC(=O)c1c(F)c(F)c(F)c(F)c1F)CCNC(=O)[C@H](C)NC(=O)c1c(F)c(F)c(F)c(F)c1F. The third kappa shape index (κ3) is 11.5. The van der Waals surface area contributed by atoms with Crippen molar-refractivity contribution in [3.8, 4) is 0 Å². The van der Waals surface area contributed by atoms with E-state index in [4.69, 9.17) is 0 Å². The van der Waals surface area contributed by atoms with Gasteiger partial charge in [-0.1, -0.05) is 0 Å². The van der Waals surface area contributed by atoms with E-state index in [1.54, 1.807) is 16.0 Å². The maximum Gasteiger partial charge on any atom is 0.258 e. The fourth-order valence-electron chi connectivity index (χ4n) is 5.22. The molecule has 0 aromatic heterocycles. The molecule has 0 aliphatic heterocycles. The van der Waals surface area contributed by atoms with Gasteiger partial charge in [-0.3, -0.25) is 33.7 Å². The monoisotopic (exact) mass is 941 g/mol. The van der Waals surface area contributed by atoms with Crippen molar-refractivity contribution in [1.82, 2.24) is 36.8 Å². The molecule has 0 heterocycles. The molecule has 0 fully saturated rings. The number of nitrogens with zero attached hydrogens (tertiary/aromatic N) is 1. The van der Waals surface area contributed by atoms with Crippen LogP contribution in [0.15, 0.2) is 0 Å². The second-order valence-electron chi connectivity index (χ2n) is 13.1. The third-order valence-electron chi connectivity index (χ3n) is 8.72. The van der Waals surface area contributed by atoms with E-state index in [0.717, 1.165) is 20.8 Å². The van der Waals surface area contributed by atoms with Gasteiger partial charge in [0, 0.05) is 39.3 Å². The van der Waals surface area contributed by atoms with Crippen molar-refractivity contribution in [2.75, 3.05) is 39.3 Å². The Balaban J connectivity index is 1.66. The lowest BCUT2D eigenvalue weighted by atomic mass is 10.1. The van der Waals surface area contributed by atoms with Crippen LogP contribution in [0, 0.1) is 87.3 Å². The minimum absolute atomic E-state index is 0.269. The summed E-state index contributed by atoms with van der Waals surface area (Å²) in [5.74, 6) is -46.2. The van der Waals surface area contributed by atoms with Gasteiger partial charge in [0.15, 0.2) is 69.8 Å². The van der Waals surface area contributed by atoms with Crippen LogP contribution in [0.25, 0.3) is 0 Å². The first kappa shape index (κ1) is 51.7. The van der Waals surface area contributed by atoms with Crippen LogP contribution in [-0.4, -0.2) is 97.7 Å². The maximum atomic E-state index is 14.1. The number of carbonyl (C=O) groups is 6. The van der Waals surface area contributed by atoms with Gasteiger partial charge in [0.05, 0.1) is 0 Å². The van der Waals surface area contributed by atoms with Gasteiger partial charge in [-0.25, -0.2) is 65.9 Å². The molecule has 0 spiro atoms. The molecule has 0 aliphatic rings. The summed E-state index contributed by atoms with van der Waals surface area (Å²) in [7, 11) is 0. The smallest absolute Gasteiger partial charge is 0.258 e. The lowest BCUT2D eigenvalue weighted by Crippen LogP contribution is -2.50. The van der Waals surface area contributed by atoms with Crippen LogP contribution in [0.4, 0.5) is 65.9 Å². The van der Waals surface area contributed by atoms with Crippen LogP contribution < -0.4 is 31.9 Å². The number of hydrogen-bond acceptors (Lipinski definition) is 7. The highest BCUT2D eigenvalue weighted by Gasteiger charge is 2.34.